The number of rotatable bonds is 7. The number of carbonyl (C=O) groups is 2. The molecular weight excluding hydrogens is 582 g/mol. The lowest BCUT2D eigenvalue weighted by atomic mass is 10.1. The van der Waals surface area contributed by atoms with Crippen LogP contribution >= 0.6 is 0 Å². The second-order valence-electron chi connectivity index (χ2n) is 9.58. The van der Waals surface area contributed by atoms with Crippen LogP contribution < -0.4 is 9.62 Å². The fourth-order valence-electron chi connectivity index (χ4n) is 4.15. The van der Waals surface area contributed by atoms with Gasteiger partial charge in [-0.15, -0.1) is 0 Å². The molecule has 9 nitrogen and oxygen atoms in total. The smallest absolute Gasteiger partial charge is 0.478 e. The summed E-state index contributed by atoms with van der Waals surface area (Å²) in [6.07, 6.45) is -5.08. The molecule has 1 aliphatic heterocycles. The zero-order valence-electron chi connectivity index (χ0n) is 22.7. The lowest BCUT2D eigenvalue weighted by Crippen LogP contribution is -2.46. The van der Waals surface area contributed by atoms with Gasteiger partial charge in [0.15, 0.2) is 0 Å². The van der Waals surface area contributed by atoms with Crippen LogP contribution in [0.2, 0.25) is 0 Å². The second kappa shape index (κ2) is 13.2. The number of hydrogen-bond acceptors (Lipinski definition) is 6. The van der Waals surface area contributed by atoms with Gasteiger partial charge in [-0.2, -0.15) is 13.2 Å². The van der Waals surface area contributed by atoms with Crippen LogP contribution in [0.3, 0.4) is 0 Å². The van der Waals surface area contributed by atoms with Gasteiger partial charge in [0.1, 0.15) is 5.82 Å². The van der Waals surface area contributed by atoms with Gasteiger partial charge >= 0.3 is 18.1 Å². The third kappa shape index (κ3) is 8.66. The highest BCUT2D eigenvalue weighted by Crippen LogP contribution is 2.31. The summed E-state index contributed by atoms with van der Waals surface area (Å²) >= 11 is 0. The number of sulfonamides is 1. The number of piperazine rings is 1. The molecule has 4 rings (SSSR count). The van der Waals surface area contributed by atoms with Crippen LogP contribution in [0, 0.1) is 19.7 Å². The van der Waals surface area contributed by atoms with Crippen LogP contribution in [-0.2, 0) is 21.4 Å². The van der Waals surface area contributed by atoms with Gasteiger partial charge in [-0.05, 0) is 73.0 Å². The largest absolute Gasteiger partial charge is 0.490 e. The van der Waals surface area contributed by atoms with E-state index in [1.165, 1.54) is 30.3 Å². The van der Waals surface area contributed by atoms with Gasteiger partial charge < -0.3 is 15.1 Å². The van der Waals surface area contributed by atoms with Crippen molar-refractivity contribution in [2.45, 2.75) is 31.5 Å². The number of halogens is 4. The Morgan fingerprint density at radius 3 is 2.10 bits per heavy atom. The van der Waals surface area contributed by atoms with Gasteiger partial charge in [-0.3, -0.25) is 9.62 Å². The molecule has 0 aromatic heterocycles. The molecule has 0 unspecified atom stereocenters. The first kappa shape index (κ1) is 32.3. The predicted molar refractivity (Wildman–Crippen MR) is 148 cm³/mol. The molecule has 3 aromatic carbocycles. The number of alkyl halides is 3. The van der Waals surface area contributed by atoms with E-state index in [-0.39, 0.29) is 22.0 Å². The van der Waals surface area contributed by atoms with E-state index in [9.17, 15) is 35.9 Å². The Morgan fingerprint density at radius 1 is 0.905 bits per heavy atom. The Labute approximate surface area is 240 Å². The van der Waals surface area contributed by atoms with Crippen molar-refractivity contribution >= 4 is 33.3 Å². The monoisotopic (exact) mass is 611 g/mol. The fraction of sp³-hybridized carbons (Fsp3) is 0.286. The number of nitrogens with zero attached hydrogens (tertiary/aromatic N) is 2. The molecule has 0 atom stereocenters. The summed E-state index contributed by atoms with van der Waals surface area (Å²) in [4.78, 5) is 24.8. The van der Waals surface area contributed by atoms with Crippen molar-refractivity contribution in [3.05, 3.63) is 88.7 Å². The number of carboxylic acids is 2. The molecular formula is C28H29F4N3O6S. The molecule has 1 fully saturated rings. The maximum absolute atomic E-state index is 13.5. The zero-order valence-corrected chi connectivity index (χ0v) is 23.5. The zero-order chi connectivity index (χ0) is 31.2. The predicted octanol–water partition coefficient (Wildman–Crippen LogP) is 4.90. The van der Waals surface area contributed by atoms with Crippen LogP contribution in [0.15, 0.2) is 65.6 Å². The Morgan fingerprint density at radius 2 is 1.55 bits per heavy atom. The molecule has 14 heteroatoms. The highest BCUT2D eigenvalue weighted by molar-refractivity contribution is 7.92. The summed E-state index contributed by atoms with van der Waals surface area (Å²) in [5.41, 5.74) is 3.56. The fourth-order valence-corrected chi connectivity index (χ4v) is 5.30. The maximum Gasteiger partial charge on any atom is 0.490 e. The number of hydrogen-bond donors (Lipinski definition) is 3. The first-order valence-electron chi connectivity index (χ1n) is 12.6. The van der Waals surface area contributed by atoms with Crippen molar-refractivity contribution in [2.24, 2.45) is 0 Å². The van der Waals surface area contributed by atoms with Gasteiger partial charge in [0.2, 0.25) is 0 Å². The van der Waals surface area contributed by atoms with Gasteiger partial charge in [0.05, 0.1) is 21.8 Å². The number of aliphatic carboxylic acids is 1. The first-order chi connectivity index (χ1) is 19.6. The minimum absolute atomic E-state index is 0.00345. The molecule has 0 saturated carbocycles. The lowest BCUT2D eigenvalue weighted by molar-refractivity contribution is -0.192. The molecule has 1 aliphatic rings. The van der Waals surface area contributed by atoms with Crippen LogP contribution in [0.4, 0.5) is 28.9 Å². The SMILES string of the molecule is Cc1ccc(S(=O)(=O)Nc2cc(C(=O)O)ccc2N2CCN(Cc3cccc(F)c3)CC2)cc1C.O=C(O)C(F)(F)F. The maximum atomic E-state index is 13.5. The number of nitrogens with one attached hydrogen (secondary N) is 1. The quantitative estimate of drug-likeness (QED) is 0.322. The summed E-state index contributed by atoms with van der Waals surface area (Å²) < 4.78 is 74.2. The van der Waals surface area contributed by atoms with E-state index in [2.05, 4.69) is 9.62 Å². The van der Waals surface area contributed by atoms with E-state index >= 15 is 0 Å². The normalized spacial score (nSPS) is 14.1. The van der Waals surface area contributed by atoms with Crippen molar-refractivity contribution in [2.75, 3.05) is 35.8 Å². The summed E-state index contributed by atoms with van der Waals surface area (Å²) in [5, 5.41) is 16.6. The van der Waals surface area contributed by atoms with Crippen LogP contribution in [0.25, 0.3) is 0 Å². The molecule has 1 saturated heterocycles. The standard InChI is InChI=1S/C26H28FN3O4S.C2HF3O2/c1-18-6-8-23(14-19(18)2)35(33,34)28-24-16-21(26(31)32)7-9-25(24)30-12-10-29(11-13-30)17-20-4-3-5-22(27)15-20;3-2(4,5)1(6)7/h3-9,14-16,28H,10-13,17H2,1-2H3,(H,31,32);(H,6,7). The minimum Gasteiger partial charge on any atom is -0.478 e. The van der Waals surface area contributed by atoms with Gasteiger partial charge in [0.25, 0.3) is 10.0 Å². The van der Waals surface area contributed by atoms with E-state index in [0.29, 0.717) is 38.4 Å². The number of carboxylic acid groups (broad SMARTS) is 2. The van der Waals surface area contributed by atoms with Crippen molar-refractivity contribution < 1.29 is 45.8 Å². The third-order valence-corrected chi connectivity index (χ3v) is 7.89. The Balaban J connectivity index is 0.000000616. The van der Waals surface area contributed by atoms with Crippen molar-refractivity contribution in [3.63, 3.8) is 0 Å². The molecule has 42 heavy (non-hydrogen) atoms. The second-order valence-corrected chi connectivity index (χ2v) is 11.3. The Hall–Kier alpha value is -4.17. The van der Waals surface area contributed by atoms with Crippen molar-refractivity contribution in [1.82, 2.24) is 4.90 Å². The average molecular weight is 612 g/mol. The molecule has 1 heterocycles. The number of benzene rings is 3. The van der Waals surface area contributed by atoms with Crippen molar-refractivity contribution in [1.29, 1.82) is 0 Å². The highest BCUT2D eigenvalue weighted by atomic mass is 32.2. The Bertz CT molecular complexity index is 1560. The van der Waals surface area contributed by atoms with Crippen LogP contribution in [-0.4, -0.2) is 67.8 Å². The third-order valence-electron chi connectivity index (χ3n) is 6.53. The van der Waals surface area contributed by atoms with E-state index < -0.39 is 28.1 Å². The average Bonchev–Trinajstić information content (AvgIpc) is 2.90. The topological polar surface area (TPSA) is 127 Å². The van der Waals surface area contributed by atoms with E-state index in [1.54, 1.807) is 24.3 Å². The molecule has 3 N–H and O–H groups in total. The van der Waals surface area contributed by atoms with Crippen molar-refractivity contribution in [3.8, 4) is 0 Å². The van der Waals surface area contributed by atoms with E-state index in [4.69, 9.17) is 9.90 Å². The van der Waals surface area contributed by atoms with E-state index in [0.717, 1.165) is 16.7 Å². The van der Waals surface area contributed by atoms with Gasteiger partial charge in [-0.25, -0.2) is 22.4 Å². The molecule has 0 amide bonds. The van der Waals surface area contributed by atoms with Crippen LogP contribution in [0.1, 0.15) is 27.0 Å². The summed E-state index contributed by atoms with van der Waals surface area (Å²) in [7, 11) is -3.93. The molecule has 0 aliphatic carbocycles. The first-order valence-corrected chi connectivity index (χ1v) is 14.0. The Kier molecular flexibility index (Phi) is 10.2. The number of aromatic carboxylic acids is 1. The molecule has 0 radical (unpaired) electrons. The molecule has 0 bridgehead atoms. The van der Waals surface area contributed by atoms with Crippen LogP contribution in [0.5, 0.6) is 0 Å². The van der Waals surface area contributed by atoms with E-state index in [1.807, 2.05) is 24.8 Å². The minimum atomic E-state index is -5.08. The highest BCUT2D eigenvalue weighted by Gasteiger charge is 2.38. The van der Waals surface area contributed by atoms with Gasteiger partial charge in [-0.1, -0.05) is 18.2 Å². The summed E-state index contributed by atoms with van der Waals surface area (Å²) in [6.45, 7) is 6.98. The lowest BCUT2D eigenvalue weighted by Gasteiger charge is -2.37. The molecule has 226 valence electrons. The summed E-state index contributed by atoms with van der Waals surface area (Å²) in [5.74, 6) is -4.16. The number of anilines is 2. The summed E-state index contributed by atoms with van der Waals surface area (Å²) in [6, 6.07) is 15.9. The molecule has 3 aromatic rings. The molecule has 0 spiro atoms. The number of aryl methyl sites for hydroxylation is 2. The van der Waals surface area contributed by atoms with Gasteiger partial charge in [0, 0.05) is 32.7 Å².